The zero-order valence-electron chi connectivity index (χ0n) is 8.72. The van der Waals surface area contributed by atoms with E-state index in [4.69, 9.17) is 0 Å². The molecule has 0 aromatic carbocycles. The van der Waals surface area contributed by atoms with Gasteiger partial charge in [0.05, 0.1) is 0 Å². The van der Waals surface area contributed by atoms with E-state index >= 15 is 0 Å². The molecular weight excluding hydrogens is 194 g/mol. The van der Waals surface area contributed by atoms with E-state index in [-0.39, 0.29) is 0 Å². The van der Waals surface area contributed by atoms with Gasteiger partial charge in [0.25, 0.3) is 0 Å². The van der Waals surface area contributed by atoms with E-state index in [2.05, 4.69) is 55.1 Å². The van der Waals surface area contributed by atoms with E-state index in [1.165, 1.54) is 10.6 Å². The van der Waals surface area contributed by atoms with E-state index in [0.29, 0.717) is 0 Å². The van der Waals surface area contributed by atoms with Crippen LogP contribution in [-0.4, -0.2) is 8.24 Å². The molecule has 0 aliphatic heterocycles. The predicted molar refractivity (Wildman–Crippen MR) is 64.5 cm³/mol. The molecule has 0 amide bonds. The molecule has 1 aromatic heterocycles. The Labute approximate surface area is 85.6 Å². The van der Waals surface area contributed by atoms with Gasteiger partial charge in [0.2, 0.25) is 0 Å². The maximum atomic E-state index is 3.62. The highest BCUT2D eigenvalue weighted by molar-refractivity contribution is 7.11. The third kappa shape index (κ3) is 3.36. The number of rotatable bonds is 3. The fraction of sp³-hybridized carbons (Fsp3) is 0.400. The van der Waals surface area contributed by atoms with Crippen LogP contribution in [0.1, 0.15) is 11.8 Å². The molecule has 0 saturated heterocycles. The second-order valence-corrected chi connectivity index (χ2v) is 9.75. The molecule has 0 radical (unpaired) electrons. The molecule has 0 saturated carbocycles. The minimum atomic E-state index is -1.21. The Balaban J connectivity index is 2.78. The first kappa shape index (κ1) is 10.5. The van der Waals surface area contributed by atoms with Gasteiger partial charge in [-0.2, -0.15) is 0 Å². The molecule has 0 spiro atoms. The van der Waals surface area contributed by atoms with Crippen LogP contribution in [0.2, 0.25) is 19.6 Å². The van der Waals surface area contributed by atoms with Crippen LogP contribution >= 0.6 is 11.3 Å². The summed E-state index contributed by atoms with van der Waals surface area (Å²) in [5.41, 5.74) is 1.29. The van der Waals surface area contributed by atoms with E-state index in [1.54, 1.807) is 11.3 Å². The van der Waals surface area contributed by atoms with Crippen molar-refractivity contribution in [3.63, 3.8) is 0 Å². The Hall–Kier alpha value is -0.543. The second-order valence-electron chi connectivity index (χ2n) is 4.05. The van der Waals surface area contributed by atoms with Gasteiger partial charge < -0.3 is 4.98 Å². The third-order valence-electron chi connectivity index (χ3n) is 1.58. The van der Waals surface area contributed by atoms with Gasteiger partial charge >= 0.3 is 0 Å². The summed E-state index contributed by atoms with van der Waals surface area (Å²) >= 11 is 1.79. The van der Waals surface area contributed by atoms with Crippen molar-refractivity contribution in [2.24, 2.45) is 0 Å². The van der Waals surface area contributed by atoms with Gasteiger partial charge in [-0.1, -0.05) is 31.8 Å². The zero-order valence-corrected chi connectivity index (χ0v) is 10.5. The Morgan fingerprint density at radius 1 is 1.46 bits per heavy atom. The molecule has 1 N–H and O–H groups in total. The summed E-state index contributed by atoms with van der Waals surface area (Å²) in [6.45, 7) is 9.01. The fourth-order valence-electron chi connectivity index (χ4n) is 1.11. The lowest BCUT2D eigenvalue weighted by atomic mass is 10.3. The molecule has 0 unspecified atom stereocenters. The summed E-state index contributed by atoms with van der Waals surface area (Å²) in [5, 5.41) is 2.12. The lowest BCUT2D eigenvalue weighted by molar-refractivity contribution is 1.28. The monoisotopic (exact) mass is 211 g/mol. The maximum absolute atomic E-state index is 3.62. The van der Waals surface area contributed by atoms with Crippen molar-refractivity contribution in [2.45, 2.75) is 26.6 Å². The third-order valence-corrected chi connectivity index (χ3v) is 3.51. The number of hydrogen-bond acceptors (Lipinski definition) is 2. The number of nitrogens with one attached hydrogen (secondary N) is 1. The molecule has 0 aliphatic rings. The zero-order chi connectivity index (χ0) is 9.90. The molecular formula is C10H17NSSi. The van der Waals surface area contributed by atoms with Gasteiger partial charge in [0, 0.05) is 10.6 Å². The highest BCUT2D eigenvalue weighted by Gasteiger charge is 2.14. The van der Waals surface area contributed by atoms with Crippen molar-refractivity contribution >= 4 is 25.3 Å². The second kappa shape index (κ2) is 4.11. The lowest BCUT2D eigenvalue weighted by Gasteiger charge is -2.21. The molecule has 13 heavy (non-hydrogen) atoms. The topological polar surface area (TPSA) is 12.0 Å². The standard InChI is InChI=1S/C10H17NSSi/c1-5-9(11-13(2,3)4)10-7-6-8-12-10/h5-8,11H,1-4H3/b9-5-. The first-order valence-electron chi connectivity index (χ1n) is 4.51. The molecule has 1 aromatic rings. The van der Waals surface area contributed by atoms with Crippen molar-refractivity contribution in [1.82, 2.24) is 4.98 Å². The highest BCUT2D eigenvalue weighted by Crippen LogP contribution is 2.19. The van der Waals surface area contributed by atoms with Crippen LogP contribution in [0.15, 0.2) is 23.6 Å². The van der Waals surface area contributed by atoms with Gasteiger partial charge in [0.1, 0.15) is 8.24 Å². The summed E-state index contributed by atoms with van der Waals surface area (Å²) in [7, 11) is -1.21. The Morgan fingerprint density at radius 3 is 2.54 bits per heavy atom. The van der Waals surface area contributed by atoms with Gasteiger partial charge in [-0.3, -0.25) is 0 Å². The quantitative estimate of drug-likeness (QED) is 0.754. The minimum Gasteiger partial charge on any atom is -0.410 e. The average Bonchev–Trinajstić information content (AvgIpc) is 2.50. The predicted octanol–water partition coefficient (Wildman–Crippen LogP) is 3.53. The molecule has 3 heteroatoms. The maximum Gasteiger partial charge on any atom is 0.144 e. The highest BCUT2D eigenvalue weighted by atomic mass is 32.1. The lowest BCUT2D eigenvalue weighted by Crippen LogP contribution is -2.39. The van der Waals surface area contributed by atoms with E-state index in [9.17, 15) is 0 Å². The van der Waals surface area contributed by atoms with Crippen molar-refractivity contribution in [1.29, 1.82) is 0 Å². The smallest absolute Gasteiger partial charge is 0.144 e. The summed E-state index contributed by atoms with van der Waals surface area (Å²) in [5.74, 6) is 0. The Morgan fingerprint density at radius 2 is 2.15 bits per heavy atom. The Bertz CT molecular complexity index is 282. The van der Waals surface area contributed by atoms with Crippen LogP contribution in [0.4, 0.5) is 0 Å². The van der Waals surface area contributed by atoms with E-state index in [0.717, 1.165) is 0 Å². The SMILES string of the molecule is C/C=C(\N[Si](C)(C)C)c1cccs1. The average molecular weight is 211 g/mol. The normalized spacial score (nSPS) is 13.1. The van der Waals surface area contributed by atoms with Crippen LogP contribution in [0.5, 0.6) is 0 Å². The van der Waals surface area contributed by atoms with Crippen LogP contribution in [0.25, 0.3) is 5.70 Å². The van der Waals surface area contributed by atoms with Gasteiger partial charge in [0.15, 0.2) is 0 Å². The molecule has 0 aliphatic carbocycles. The van der Waals surface area contributed by atoms with Crippen LogP contribution in [0.3, 0.4) is 0 Å². The van der Waals surface area contributed by atoms with Crippen LogP contribution in [-0.2, 0) is 0 Å². The fourth-order valence-corrected chi connectivity index (χ4v) is 3.05. The van der Waals surface area contributed by atoms with E-state index < -0.39 is 8.24 Å². The van der Waals surface area contributed by atoms with Gasteiger partial charge in [-0.05, 0) is 18.4 Å². The number of hydrogen-bond donors (Lipinski definition) is 1. The summed E-state index contributed by atoms with van der Waals surface area (Å²) < 4.78 is 0. The van der Waals surface area contributed by atoms with E-state index in [1.807, 2.05) is 0 Å². The molecule has 1 nitrogen and oxygen atoms in total. The van der Waals surface area contributed by atoms with Crippen molar-refractivity contribution in [3.05, 3.63) is 28.5 Å². The van der Waals surface area contributed by atoms with Crippen LogP contribution in [0, 0.1) is 0 Å². The number of thiophene rings is 1. The molecule has 1 heterocycles. The van der Waals surface area contributed by atoms with Crippen molar-refractivity contribution < 1.29 is 0 Å². The first-order valence-corrected chi connectivity index (χ1v) is 8.89. The Kier molecular flexibility index (Phi) is 3.33. The number of allylic oxidation sites excluding steroid dienone is 1. The summed E-state index contributed by atoms with van der Waals surface area (Å²) in [4.78, 5) is 4.96. The molecule has 1 rings (SSSR count). The molecule has 0 fully saturated rings. The molecule has 0 atom stereocenters. The van der Waals surface area contributed by atoms with Gasteiger partial charge in [-0.25, -0.2) is 0 Å². The summed E-state index contributed by atoms with van der Waals surface area (Å²) in [6.07, 6.45) is 2.16. The molecule has 72 valence electrons. The van der Waals surface area contributed by atoms with Crippen molar-refractivity contribution in [2.75, 3.05) is 0 Å². The molecule has 0 bridgehead atoms. The van der Waals surface area contributed by atoms with Crippen LogP contribution < -0.4 is 4.98 Å². The van der Waals surface area contributed by atoms with Gasteiger partial charge in [-0.15, -0.1) is 11.3 Å². The first-order chi connectivity index (χ1) is 6.03. The van der Waals surface area contributed by atoms with Crippen molar-refractivity contribution in [3.8, 4) is 0 Å². The summed E-state index contributed by atoms with van der Waals surface area (Å²) in [6, 6.07) is 4.25. The minimum absolute atomic E-state index is 1.21. The largest absolute Gasteiger partial charge is 0.410 e.